The molecule has 0 bridgehead atoms. The summed E-state index contributed by atoms with van der Waals surface area (Å²) in [7, 11) is 0. The molecule has 7 nitrogen and oxygen atoms in total. The number of carbonyl (C=O) groups is 1. The van der Waals surface area contributed by atoms with Gasteiger partial charge >= 0.3 is 0 Å². The van der Waals surface area contributed by atoms with Gasteiger partial charge in [-0.05, 0) is 70.4 Å². The number of piperidine rings is 1. The van der Waals surface area contributed by atoms with Crippen molar-refractivity contribution in [3.8, 4) is 5.75 Å². The van der Waals surface area contributed by atoms with Gasteiger partial charge in [-0.15, -0.1) is 0 Å². The third-order valence-electron chi connectivity index (χ3n) is 8.12. The molecule has 1 aromatic heterocycles. The Morgan fingerprint density at radius 3 is 2.74 bits per heavy atom. The Morgan fingerprint density at radius 1 is 1.24 bits per heavy atom. The minimum Gasteiger partial charge on any atom is -0.481 e. The van der Waals surface area contributed by atoms with Crippen molar-refractivity contribution in [1.82, 2.24) is 9.88 Å². The van der Waals surface area contributed by atoms with Gasteiger partial charge in [0.2, 0.25) is 0 Å². The molecule has 3 saturated heterocycles. The number of pyridine rings is 1. The molecule has 0 radical (unpaired) electrons. The summed E-state index contributed by atoms with van der Waals surface area (Å²) in [6.45, 7) is 7.92. The first kappa shape index (κ1) is 23.5. The predicted octanol–water partition coefficient (Wildman–Crippen LogP) is 3.72. The monoisotopic (exact) mass is 468 g/mol. The van der Waals surface area contributed by atoms with E-state index in [2.05, 4.69) is 11.9 Å². The molecule has 1 spiro atoms. The van der Waals surface area contributed by atoms with Gasteiger partial charge < -0.3 is 24.2 Å². The molecule has 3 atom stereocenters. The van der Waals surface area contributed by atoms with Crippen LogP contribution in [-0.2, 0) is 14.3 Å². The Hall–Kier alpha value is -2.22. The fraction of sp³-hybridized carbons (Fsp3) is 0.630. The lowest BCUT2D eigenvalue weighted by molar-refractivity contribution is -0.155. The summed E-state index contributed by atoms with van der Waals surface area (Å²) < 4.78 is 18.5. The number of hydrogen-bond donors (Lipinski definition) is 1. The maximum Gasteiger partial charge on any atom is 0.260 e. The Bertz CT molecular complexity index is 1040. The molecule has 0 unspecified atom stereocenters. The lowest BCUT2D eigenvalue weighted by atomic mass is 9.74. The van der Waals surface area contributed by atoms with Crippen LogP contribution in [0.15, 0.2) is 36.5 Å². The third-order valence-corrected chi connectivity index (χ3v) is 8.12. The molecule has 7 heteroatoms. The first-order valence-electron chi connectivity index (χ1n) is 12.4. The second kappa shape index (κ2) is 8.77. The number of carbonyl (C=O) groups excluding carboxylic acids is 1. The molecule has 3 fully saturated rings. The summed E-state index contributed by atoms with van der Waals surface area (Å²) in [5.41, 5.74) is -0.328. The summed E-state index contributed by atoms with van der Waals surface area (Å²) in [6, 6.07) is 9.64. The molecular weight excluding hydrogens is 432 g/mol. The van der Waals surface area contributed by atoms with Gasteiger partial charge in [-0.1, -0.05) is 18.2 Å². The first-order valence-corrected chi connectivity index (χ1v) is 12.4. The van der Waals surface area contributed by atoms with E-state index in [1.165, 1.54) is 0 Å². The van der Waals surface area contributed by atoms with Crippen molar-refractivity contribution in [2.45, 2.75) is 76.3 Å². The molecule has 1 amide bonds. The van der Waals surface area contributed by atoms with Gasteiger partial charge in [0.05, 0.1) is 30.0 Å². The van der Waals surface area contributed by atoms with Crippen molar-refractivity contribution in [3.05, 3.63) is 36.5 Å². The summed E-state index contributed by atoms with van der Waals surface area (Å²) >= 11 is 0. The SMILES string of the molecule is CC(C)(O)[C@@H]1CC[C@](C)([C@@H]2CC3(CCN(C(=O)COc4cccc5cccnc45)CC3)CO2)O1. The van der Waals surface area contributed by atoms with Gasteiger partial charge in [0.25, 0.3) is 5.91 Å². The number of aromatic nitrogens is 1. The Morgan fingerprint density at radius 2 is 2.00 bits per heavy atom. The van der Waals surface area contributed by atoms with Gasteiger partial charge in [0.1, 0.15) is 11.3 Å². The molecule has 5 rings (SSSR count). The van der Waals surface area contributed by atoms with Crippen molar-refractivity contribution in [1.29, 1.82) is 0 Å². The van der Waals surface area contributed by atoms with Crippen LogP contribution in [0, 0.1) is 5.41 Å². The van der Waals surface area contributed by atoms with Gasteiger partial charge in [-0.25, -0.2) is 0 Å². The van der Waals surface area contributed by atoms with E-state index in [1.54, 1.807) is 6.20 Å². The second-order valence-electron chi connectivity index (χ2n) is 11.1. The predicted molar refractivity (Wildman–Crippen MR) is 129 cm³/mol. The van der Waals surface area contributed by atoms with Crippen LogP contribution < -0.4 is 4.74 Å². The van der Waals surface area contributed by atoms with Crippen LogP contribution in [0.2, 0.25) is 0 Å². The molecule has 184 valence electrons. The number of nitrogens with zero attached hydrogens (tertiary/aromatic N) is 2. The van der Waals surface area contributed by atoms with Crippen molar-refractivity contribution in [2.75, 3.05) is 26.3 Å². The highest BCUT2D eigenvalue weighted by Gasteiger charge is 2.53. The van der Waals surface area contributed by atoms with Gasteiger partial charge in [-0.3, -0.25) is 9.78 Å². The minimum atomic E-state index is -0.843. The molecule has 1 N–H and O–H groups in total. The molecule has 3 aliphatic rings. The van der Waals surface area contributed by atoms with Crippen LogP contribution >= 0.6 is 0 Å². The number of benzene rings is 1. The van der Waals surface area contributed by atoms with Gasteiger partial charge in [0.15, 0.2) is 6.61 Å². The molecule has 3 aliphatic heterocycles. The number of amides is 1. The second-order valence-corrected chi connectivity index (χ2v) is 11.1. The zero-order chi connectivity index (χ0) is 24.0. The van der Waals surface area contributed by atoms with Gasteiger partial charge in [0, 0.05) is 24.7 Å². The largest absolute Gasteiger partial charge is 0.481 e. The van der Waals surface area contributed by atoms with E-state index in [9.17, 15) is 9.90 Å². The van der Waals surface area contributed by atoms with Crippen molar-refractivity contribution >= 4 is 16.8 Å². The Kier molecular flexibility index (Phi) is 6.07. The number of fused-ring (bicyclic) bond motifs is 1. The molecule has 1 aromatic carbocycles. The first-order chi connectivity index (χ1) is 16.2. The number of likely N-dealkylation sites (tertiary alicyclic amines) is 1. The molecule has 0 saturated carbocycles. The number of ether oxygens (including phenoxy) is 3. The van der Waals surface area contributed by atoms with Crippen LogP contribution in [0.1, 0.15) is 52.9 Å². The van der Waals surface area contributed by atoms with Crippen LogP contribution in [0.5, 0.6) is 5.75 Å². The van der Waals surface area contributed by atoms with Gasteiger partial charge in [-0.2, -0.15) is 0 Å². The highest BCUT2D eigenvalue weighted by atomic mass is 16.6. The molecule has 0 aliphatic carbocycles. The minimum absolute atomic E-state index is 0.0114. The lowest BCUT2D eigenvalue weighted by Crippen LogP contribution is -2.46. The van der Waals surface area contributed by atoms with E-state index in [0.29, 0.717) is 12.4 Å². The molecule has 4 heterocycles. The highest BCUT2D eigenvalue weighted by Crippen LogP contribution is 2.49. The van der Waals surface area contributed by atoms with Crippen molar-refractivity contribution in [2.24, 2.45) is 5.41 Å². The Labute approximate surface area is 201 Å². The summed E-state index contributed by atoms with van der Waals surface area (Å²) in [6.07, 6.45) is 6.15. The summed E-state index contributed by atoms with van der Waals surface area (Å²) in [4.78, 5) is 19.2. The van der Waals surface area contributed by atoms with E-state index < -0.39 is 5.60 Å². The van der Waals surface area contributed by atoms with Crippen molar-refractivity contribution in [3.63, 3.8) is 0 Å². The number of aliphatic hydroxyl groups is 1. The van der Waals surface area contributed by atoms with Crippen molar-refractivity contribution < 1.29 is 24.1 Å². The van der Waals surface area contributed by atoms with E-state index in [0.717, 1.165) is 56.1 Å². The van der Waals surface area contributed by atoms with Crippen LogP contribution in [0.3, 0.4) is 0 Å². The molecule has 34 heavy (non-hydrogen) atoms. The highest BCUT2D eigenvalue weighted by molar-refractivity contribution is 5.85. The molecule has 2 aromatic rings. The standard InChI is InChI=1S/C27H36N2O5/c1-25(2,31)21-9-10-26(3,34-21)22-16-27(18-33-22)11-14-29(15-12-27)23(30)17-32-20-8-4-6-19-7-5-13-28-24(19)20/h4-8,13,21-22,31H,9-12,14-18H2,1-3H3/t21-,22-,26+/m0/s1. The van der Waals surface area contributed by atoms with E-state index >= 15 is 0 Å². The van der Waals surface area contributed by atoms with E-state index in [-0.39, 0.29) is 35.7 Å². The normalized spacial score (nSPS) is 29.1. The zero-order valence-electron chi connectivity index (χ0n) is 20.5. The maximum absolute atomic E-state index is 12.9. The van der Waals surface area contributed by atoms with E-state index in [4.69, 9.17) is 14.2 Å². The average molecular weight is 469 g/mol. The topological polar surface area (TPSA) is 81.1 Å². The number of hydrogen-bond acceptors (Lipinski definition) is 6. The quantitative estimate of drug-likeness (QED) is 0.720. The molecular formula is C27H36N2O5. The fourth-order valence-electron chi connectivity index (χ4n) is 5.78. The lowest BCUT2D eigenvalue weighted by Gasteiger charge is -2.39. The third kappa shape index (κ3) is 4.53. The number of para-hydroxylation sites is 1. The van der Waals surface area contributed by atoms with Crippen LogP contribution in [0.25, 0.3) is 10.9 Å². The smallest absolute Gasteiger partial charge is 0.260 e. The summed E-state index contributed by atoms with van der Waals surface area (Å²) in [5.74, 6) is 0.651. The summed E-state index contributed by atoms with van der Waals surface area (Å²) in [5, 5.41) is 11.4. The zero-order valence-corrected chi connectivity index (χ0v) is 20.5. The fourth-order valence-corrected chi connectivity index (χ4v) is 5.78. The average Bonchev–Trinajstić information content (AvgIpc) is 3.43. The maximum atomic E-state index is 12.9. The van der Waals surface area contributed by atoms with Crippen LogP contribution in [-0.4, -0.2) is 70.6 Å². The Balaban J connectivity index is 1.14. The van der Waals surface area contributed by atoms with E-state index in [1.807, 2.05) is 49.1 Å². The number of rotatable bonds is 5. The van der Waals surface area contributed by atoms with Crippen LogP contribution in [0.4, 0.5) is 0 Å².